The lowest BCUT2D eigenvalue weighted by atomic mass is 10.0. The Morgan fingerprint density at radius 3 is 2.79 bits per heavy atom. The molecule has 0 spiro atoms. The van der Waals surface area contributed by atoms with E-state index in [0.29, 0.717) is 23.9 Å². The van der Waals surface area contributed by atoms with Crippen molar-refractivity contribution in [3.05, 3.63) is 29.8 Å². The van der Waals surface area contributed by atoms with Crippen LogP contribution in [0.3, 0.4) is 0 Å². The number of rotatable bonds is 4. The molecule has 0 radical (unpaired) electrons. The Hall–Kier alpha value is -0.910. The normalized spacial score (nSPS) is 21.2. The van der Waals surface area contributed by atoms with Crippen LogP contribution in [-0.2, 0) is 16.6 Å². The van der Waals surface area contributed by atoms with E-state index in [0.717, 1.165) is 18.4 Å². The van der Waals surface area contributed by atoms with Gasteiger partial charge in [0.05, 0.1) is 4.90 Å². The molecule has 1 aliphatic rings. The van der Waals surface area contributed by atoms with Gasteiger partial charge < -0.3 is 5.73 Å². The minimum atomic E-state index is -3.39. The van der Waals surface area contributed by atoms with E-state index in [1.807, 2.05) is 6.07 Å². The number of hydrogen-bond donors (Lipinski definition) is 1. The van der Waals surface area contributed by atoms with Crippen LogP contribution in [0.15, 0.2) is 29.2 Å². The van der Waals surface area contributed by atoms with Crippen molar-refractivity contribution >= 4 is 10.0 Å². The molecule has 19 heavy (non-hydrogen) atoms. The molecule has 1 atom stereocenters. The van der Waals surface area contributed by atoms with Gasteiger partial charge in [-0.25, -0.2) is 8.42 Å². The van der Waals surface area contributed by atoms with Gasteiger partial charge in [0.2, 0.25) is 10.0 Å². The Balaban J connectivity index is 2.36. The second kappa shape index (κ2) is 5.61. The van der Waals surface area contributed by atoms with Crippen LogP contribution in [0.4, 0.5) is 0 Å². The van der Waals surface area contributed by atoms with Crippen molar-refractivity contribution in [2.24, 2.45) is 11.7 Å². The molecule has 1 aromatic rings. The Bertz CT molecular complexity index is 540. The van der Waals surface area contributed by atoms with Crippen LogP contribution in [0, 0.1) is 5.92 Å². The molecule has 1 saturated heterocycles. The van der Waals surface area contributed by atoms with E-state index < -0.39 is 10.0 Å². The fourth-order valence-electron chi connectivity index (χ4n) is 2.70. The maximum absolute atomic E-state index is 12.7. The van der Waals surface area contributed by atoms with Crippen LogP contribution in [0.2, 0.25) is 0 Å². The summed E-state index contributed by atoms with van der Waals surface area (Å²) in [7, 11) is -3.39. The summed E-state index contributed by atoms with van der Waals surface area (Å²) in [4.78, 5) is 0.364. The van der Waals surface area contributed by atoms with Gasteiger partial charge in [0.15, 0.2) is 0 Å². The molecule has 2 rings (SSSR count). The molecule has 0 aromatic heterocycles. The smallest absolute Gasteiger partial charge is 0.243 e. The average Bonchev–Trinajstić information content (AvgIpc) is 2.89. The Morgan fingerprint density at radius 1 is 1.42 bits per heavy atom. The van der Waals surface area contributed by atoms with E-state index in [9.17, 15) is 8.42 Å². The summed E-state index contributed by atoms with van der Waals surface area (Å²) in [5.74, 6) is 0.343. The van der Waals surface area contributed by atoms with Crippen LogP contribution in [0.1, 0.15) is 32.3 Å². The van der Waals surface area contributed by atoms with Gasteiger partial charge in [-0.1, -0.05) is 26.0 Å². The summed E-state index contributed by atoms with van der Waals surface area (Å²) >= 11 is 0. The van der Waals surface area contributed by atoms with Gasteiger partial charge in [0, 0.05) is 19.1 Å². The lowest BCUT2D eigenvalue weighted by Crippen LogP contribution is -2.38. The Kier molecular flexibility index (Phi) is 4.28. The van der Waals surface area contributed by atoms with Crippen molar-refractivity contribution < 1.29 is 8.42 Å². The zero-order valence-electron chi connectivity index (χ0n) is 11.5. The minimum Gasteiger partial charge on any atom is -0.326 e. The predicted octanol–water partition coefficient (Wildman–Crippen LogP) is 1.95. The highest BCUT2D eigenvalue weighted by Gasteiger charge is 2.36. The minimum absolute atomic E-state index is 0.117. The maximum atomic E-state index is 12.7. The van der Waals surface area contributed by atoms with Gasteiger partial charge in [-0.05, 0) is 36.5 Å². The van der Waals surface area contributed by atoms with Crippen molar-refractivity contribution in [1.29, 1.82) is 0 Å². The van der Waals surface area contributed by atoms with E-state index in [1.54, 1.807) is 22.5 Å². The SMILES string of the molecule is CC(C)C1CCCN1S(=O)(=O)c1cccc(CN)c1. The van der Waals surface area contributed by atoms with E-state index in [-0.39, 0.29) is 6.04 Å². The molecular formula is C14H22N2O2S. The molecule has 1 heterocycles. The van der Waals surface area contributed by atoms with Crippen LogP contribution in [0.5, 0.6) is 0 Å². The third kappa shape index (κ3) is 2.83. The molecular weight excluding hydrogens is 260 g/mol. The number of benzene rings is 1. The summed E-state index contributed by atoms with van der Waals surface area (Å²) in [6.07, 6.45) is 1.89. The first kappa shape index (κ1) is 14.5. The first-order valence-electron chi connectivity index (χ1n) is 6.77. The van der Waals surface area contributed by atoms with Gasteiger partial charge >= 0.3 is 0 Å². The van der Waals surface area contributed by atoms with E-state index in [2.05, 4.69) is 13.8 Å². The van der Waals surface area contributed by atoms with Crippen molar-refractivity contribution in [3.63, 3.8) is 0 Å². The predicted molar refractivity (Wildman–Crippen MR) is 76.1 cm³/mol. The molecule has 1 fully saturated rings. The molecule has 1 unspecified atom stereocenters. The van der Waals surface area contributed by atoms with E-state index in [4.69, 9.17) is 5.73 Å². The van der Waals surface area contributed by atoms with Gasteiger partial charge in [-0.3, -0.25) is 0 Å². The molecule has 5 heteroatoms. The lowest BCUT2D eigenvalue weighted by molar-refractivity contribution is 0.316. The van der Waals surface area contributed by atoms with Crippen molar-refractivity contribution in [1.82, 2.24) is 4.31 Å². The number of hydrogen-bond acceptors (Lipinski definition) is 3. The summed E-state index contributed by atoms with van der Waals surface area (Å²) in [5.41, 5.74) is 6.43. The fourth-order valence-corrected chi connectivity index (χ4v) is 4.60. The highest BCUT2D eigenvalue weighted by molar-refractivity contribution is 7.89. The first-order valence-corrected chi connectivity index (χ1v) is 8.21. The highest BCUT2D eigenvalue weighted by Crippen LogP contribution is 2.30. The fraction of sp³-hybridized carbons (Fsp3) is 0.571. The number of sulfonamides is 1. The highest BCUT2D eigenvalue weighted by atomic mass is 32.2. The molecule has 1 aromatic carbocycles. The quantitative estimate of drug-likeness (QED) is 0.918. The van der Waals surface area contributed by atoms with Crippen molar-refractivity contribution in [3.8, 4) is 0 Å². The Labute approximate surface area is 115 Å². The third-order valence-electron chi connectivity index (χ3n) is 3.76. The van der Waals surface area contributed by atoms with E-state index >= 15 is 0 Å². The molecule has 2 N–H and O–H groups in total. The Morgan fingerprint density at radius 2 is 2.16 bits per heavy atom. The van der Waals surface area contributed by atoms with Crippen LogP contribution < -0.4 is 5.73 Å². The molecule has 0 amide bonds. The van der Waals surface area contributed by atoms with Gasteiger partial charge in [-0.2, -0.15) is 4.31 Å². The standard InChI is InChI=1S/C14H22N2O2S/c1-11(2)14-7-4-8-16(14)19(17,18)13-6-3-5-12(9-13)10-15/h3,5-6,9,11,14H,4,7-8,10,15H2,1-2H3. The number of nitrogens with zero attached hydrogens (tertiary/aromatic N) is 1. The summed E-state index contributed by atoms with van der Waals surface area (Å²) in [6.45, 7) is 5.14. The summed E-state index contributed by atoms with van der Waals surface area (Å²) in [6, 6.07) is 7.07. The summed E-state index contributed by atoms with van der Waals surface area (Å²) < 4.78 is 27.1. The lowest BCUT2D eigenvalue weighted by Gasteiger charge is -2.27. The molecule has 106 valence electrons. The first-order chi connectivity index (χ1) is 8.96. The maximum Gasteiger partial charge on any atom is 0.243 e. The zero-order chi connectivity index (χ0) is 14.0. The second-order valence-corrected chi connectivity index (χ2v) is 7.31. The largest absolute Gasteiger partial charge is 0.326 e. The molecule has 4 nitrogen and oxygen atoms in total. The molecule has 1 aliphatic heterocycles. The van der Waals surface area contributed by atoms with Crippen LogP contribution >= 0.6 is 0 Å². The number of nitrogens with two attached hydrogens (primary N) is 1. The molecule has 0 saturated carbocycles. The van der Waals surface area contributed by atoms with Gasteiger partial charge in [-0.15, -0.1) is 0 Å². The second-order valence-electron chi connectivity index (χ2n) is 5.42. The zero-order valence-corrected chi connectivity index (χ0v) is 12.4. The van der Waals surface area contributed by atoms with Crippen molar-refractivity contribution in [2.75, 3.05) is 6.54 Å². The monoisotopic (exact) mass is 282 g/mol. The van der Waals surface area contributed by atoms with Gasteiger partial charge in [0.25, 0.3) is 0 Å². The van der Waals surface area contributed by atoms with Crippen molar-refractivity contribution in [2.45, 2.75) is 44.2 Å². The molecule has 0 bridgehead atoms. The van der Waals surface area contributed by atoms with E-state index in [1.165, 1.54) is 0 Å². The third-order valence-corrected chi connectivity index (χ3v) is 5.68. The topological polar surface area (TPSA) is 63.4 Å². The summed E-state index contributed by atoms with van der Waals surface area (Å²) in [5, 5.41) is 0. The molecule has 0 aliphatic carbocycles. The van der Waals surface area contributed by atoms with Crippen LogP contribution in [-0.4, -0.2) is 25.3 Å². The average molecular weight is 282 g/mol. The van der Waals surface area contributed by atoms with Gasteiger partial charge in [0.1, 0.15) is 0 Å². The van der Waals surface area contributed by atoms with Crippen LogP contribution in [0.25, 0.3) is 0 Å².